The largest absolute Gasteiger partial charge is 0.478 e. The van der Waals surface area contributed by atoms with Crippen LogP contribution in [0.3, 0.4) is 0 Å². The molecule has 0 fully saturated rings. The van der Waals surface area contributed by atoms with Crippen molar-refractivity contribution >= 4 is 6.03 Å². The first-order chi connectivity index (χ1) is 11.3. The number of amides is 2. The van der Waals surface area contributed by atoms with Gasteiger partial charge in [-0.05, 0) is 31.4 Å². The molecule has 0 unspecified atom stereocenters. The zero-order valence-corrected chi connectivity index (χ0v) is 13.4. The number of aromatic nitrogens is 1. The standard InChI is InChI=1S/C18H23N3O2/c1-2-23-17-16(11-7-12-19-17)14-21-18(22)20-13-6-10-15-8-4-3-5-9-15/h3-5,7-9,11-12H,2,6,10,13-14H2,1H3,(H2,20,21,22). The minimum atomic E-state index is -0.177. The number of hydrogen-bond acceptors (Lipinski definition) is 3. The van der Waals surface area contributed by atoms with Gasteiger partial charge in [-0.15, -0.1) is 0 Å². The van der Waals surface area contributed by atoms with Crippen LogP contribution in [0.1, 0.15) is 24.5 Å². The van der Waals surface area contributed by atoms with Gasteiger partial charge < -0.3 is 15.4 Å². The summed E-state index contributed by atoms with van der Waals surface area (Å²) in [6, 6.07) is 13.8. The van der Waals surface area contributed by atoms with Crippen molar-refractivity contribution in [1.82, 2.24) is 15.6 Å². The third kappa shape index (κ3) is 5.98. The molecule has 2 amide bonds. The zero-order chi connectivity index (χ0) is 16.3. The van der Waals surface area contributed by atoms with Crippen LogP contribution in [0.15, 0.2) is 48.7 Å². The Morgan fingerprint density at radius 1 is 1.13 bits per heavy atom. The molecule has 0 aliphatic heterocycles. The lowest BCUT2D eigenvalue weighted by Crippen LogP contribution is -2.35. The molecule has 0 bridgehead atoms. The van der Waals surface area contributed by atoms with Gasteiger partial charge >= 0.3 is 6.03 Å². The third-order valence-electron chi connectivity index (χ3n) is 3.34. The molecule has 2 N–H and O–H groups in total. The Kier molecular flexibility index (Phi) is 6.91. The first kappa shape index (κ1) is 16.8. The van der Waals surface area contributed by atoms with Gasteiger partial charge in [-0.3, -0.25) is 0 Å². The fourth-order valence-corrected chi connectivity index (χ4v) is 2.20. The van der Waals surface area contributed by atoms with Crippen LogP contribution in [0.25, 0.3) is 0 Å². The van der Waals surface area contributed by atoms with E-state index < -0.39 is 0 Å². The highest BCUT2D eigenvalue weighted by Gasteiger charge is 2.06. The molecule has 122 valence electrons. The number of nitrogens with zero attached hydrogens (tertiary/aromatic N) is 1. The Labute approximate surface area is 137 Å². The van der Waals surface area contributed by atoms with Crippen molar-refractivity contribution in [3.63, 3.8) is 0 Å². The summed E-state index contributed by atoms with van der Waals surface area (Å²) < 4.78 is 5.43. The van der Waals surface area contributed by atoms with Gasteiger partial charge in [0.1, 0.15) is 0 Å². The minimum Gasteiger partial charge on any atom is -0.478 e. The van der Waals surface area contributed by atoms with Crippen LogP contribution in [-0.4, -0.2) is 24.2 Å². The number of urea groups is 1. The highest BCUT2D eigenvalue weighted by Crippen LogP contribution is 2.13. The lowest BCUT2D eigenvalue weighted by atomic mass is 10.1. The summed E-state index contributed by atoms with van der Waals surface area (Å²) in [6.45, 7) is 3.50. The molecule has 0 saturated heterocycles. The maximum Gasteiger partial charge on any atom is 0.315 e. The molecule has 1 aromatic carbocycles. The molecular formula is C18H23N3O2. The molecule has 0 atom stereocenters. The van der Waals surface area contributed by atoms with Gasteiger partial charge in [0.15, 0.2) is 0 Å². The van der Waals surface area contributed by atoms with Gasteiger partial charge in [0, 0.05) is 24.8 Å². The summed E-state index contributed by atoms with van der Waals surface area (Å²) in [5.41, 5.74) is 2.15. The van der Waals surface area contributed by atoms with Gasteiger partial charge in [-0.1, -0.05) is 36.4 Å². The van der Waals surface area contributed by atoms with Crippen LogP contribution in [0.5, 0.6) is 5.88 Å². The number of nitrogens with one attached hydrogen (secondary N) is 2. The molecule has 0 radical (unpaired) electrons. The third-order valence-corrected chi connectivity index (χ3v) is 3.34. The normalized spacial score (nSPS) is 10.1. The van der Waals surface area contributed by atoms with Crippen molar-refractivity contribution in [3.05, 3.63) is 59.8 Å². The molecule has 5 heteroatoms. The van der Waals surface area contributed by atoms with Crippen LogP contribution in [0.4, 0.5) is 4.79 Å². The second kappa shape index (κ2) is 9.46. The molecule has 0 spiro atoms. The maximum atomic E-state index is 11.8. The van der Waals surface area contributed by atoms with Crippen LogP contribution < -0.4 is 15.4 Å². The predicted octanol–water partition coefficient (Wildman–Crippen LogP) is 2.91. The number of rotatable bonds is 8. The van der Waals surface area contributed by atoms with E-state index in [1.165, 1.54) is 5.56 Å². The molecule has 5 nitrogen and oxygen atoms in total. The Hall–Kier alpha value is -2.56. The van der Waals surface area contributed by atoms with E-state index in [0.717, 1.165) is 18.4 Å². The van der Waals surface area contributed by atoms with Crippen molar-refractivity contribution in [2.45, 2.75) is 26.3 Å². The summed E-state index contributed by atoms with van der Waals surface area (Å²) in [7, 11) is 0. The topological polar surface area (TPSA) is 63.2 Å². The van der Waals surface area contributed by atoms with Crippen molar-refractivity contribution in [3.8, 4) is 5.88 Å². The first-order valence-corrected chi connectivity index (χ1v) is 7.92. The quantitative estimate of drug-likeness (QED) is 0.737. The molecule has 1 heterocycles. The zero-order valence-electron chi connectivity index (χ0n) is 13.4. The summed E-state index contributed by atoms with van der Waals surface area (Å²) in [4.78, 5) is 16.0. The average molecular weight is 313 g/mol. The fraction of sp³-hybridized carbons (Fsp3) is 0.333. The van der Waals surface area contributed by atoms with Gasteiger partial charge in [-0.25, -0.2) is 9.78 Å². The Morgan fingerprint density at radius 3 is 2.74 bits per heavy atom. The Balaban J connectivity index is 1.67. The molecular weight excluding hydrogens is 290 g/mol. The van der Waals surface area contributed by atoms with E-state index in [4.69, 9.17) is 4.74 Å². The van der Waals surface area contributed by atoms with Crippen molar-refractivity contribution in [2.75, 3.05) is 13.2 Å². The van der Waals surface area contributed by atoms with Crippen LogP contribution in [0.2, 0.25) is 0 Å². The Morgan fingerprint density at radius 2 is 1.96 bits per heavy atom. The molecule has 2 aromatic rings. The first-order valence-electron chi connectivity index (χ1n) is 7.92. The van der Waals surface area contributed by atoms with E-state index in [2.05, 4.69) is 27.8 Å². The number of pyridine rings is 1. The summed E-state index contributed by atoms with van der Waals surface area (Å²) in [6.07, 6.45) is 3.55. The van der Waals surface area contributed by atoms with Crippen LogP contribution in [0, 0.1) is 0 Å². The smallest absolute Gasteiger partial charge is 0.315 e. The molecule has 2 rings (SSSR count). The number of carbonyl (C=O) groups excluding carboxylic acids is 1. The van der Waals surface area contributed by atoms with E-state index in [9.17, 15) is 4.79 Å². The summed E-state index contributed by atoms with van der Waals surface area (Å²) >= 11 is 0. The van der Waals surface area contributed by atoms with Gasteiger partial charge in [0.2, 0.25) is 5.88 Å². The number of ether oxygens (including phenoxy) is 1. The fourth-order valence-electron chi connectivity index (χ4n) is 2.20. The lowest BCUT2D eigenvalue weighted by molar-refractivity contribution is 0.240. The molecule has 0 aliphatic rings. The Bertz CT molecular complexity index is 602. The monoisotopic (exact) mass is 313 g/mol. The molecule has 23 heavy (non-hydrogen) atoms. The highest BCUT2D eigenvalue weighted by atomic mass is 16.5. The average Bonchev–Trinajstić information content (AvgIpc) is 2.59. The number of benzene rings is 1. The van der Waals surface area contributed by atoms with Crippen LogP contribution in [-0.2, 0) is 13.0 Å². The van der Waals surface area contributed by atoms with Crippen LogP contribution >= 0.6 is 0 Å². The SMILES string of the molecule is CCOc1ncccc1CNC(=O)NCCCc1ccccc1. The number of carbonyl (C=O) groups is 1. The minimum absolute atomic E-state index is 0.177. The van der Waals surface area contributed by atoms with E-state index in [-0.39, 0.29) is 6.03 Å². The second-order valence-corrected chi connectivity index (χ2v) is 5.10. The van der Waals surface area contributed by atoms with Gasteiger partial charge in [0.25, 0.3) is 0 Å². The van der Waals surface area contributed by atoms with E-state index in [1.54, 1.807) is 6.20 Å². The van der Waals surface area contributed by atoms with E-state index >= 15 is 0 Å². The van der Waals surface area contributed by atoms with E-state index in [0.29, 0.717) is 25.6 Å². The van der Waals surface area contributed by atoms with Gasteiger partial charge in [0.05, 0.1) is 6.61 Å². The van der Waals surface area contributed by atoms with Crippen molar-refractivity contribution < 1.29 is 9.53 Å². The number of aryl methyl sites for hydroxylation is 1. The molecule has 0 saturated carbocycles. The van der Waals surface area contributed by atoms with Gasteiger partial charge in [-0.2, -0.15) is 0 Å². The highest BCUT2D eigenvalue weighted by molar-refractivity contribution is 5.73. The summed E-state index contributed by atoms with van der Waals surface area (Å²) in [5.74, 6) is 0.569. The lowest BCUT2D eigenvalue weighted by Gasteiger charge is -2.10. The van der Waals surface area contributed by atoms with E-state index in [1.807, 2.05) is 37.3 Å². The summed E-state index contributed by atoms with van der Waals surface area (Å²) in [5, 5.41) is 5.69. The second-order valence-electron chi connectivity index (χ2n) is 5.10. The molecule has 0 aliphatic carbocycles. The predicted molar refractivity (Wildman–Crippen MR) is 90.4 cm³/mol. The molecule has 1 aromatic heterocycles. The number of hydrogen-bond donors (Lipinski definition) is 2. The van der Waals surface area contributed by atoms with Crippen molar-refractivity contribution in [1.29, 1.82) is 0 Å². The van der Waals surface area contributed by atoms with Crippen molar-refractivity contribution in [2.24, 2.45) is 0 Å². The maximum absolute atomic E-state index is 11.8.